The molecule has 1 aliphatic carbocycles. The number of hydrogen-bond donors (Lipinski definition) is 3. The van der Waals surface area contributed by atoms with Crippen molar-refractivity contribution in [3.63, 3.8) is 0 Å². The van der Waals surface area contributed by atoms with Crippen molar-refractivity contribution in [2.45, 2.75) is 56.1 Å². The predicted octanol–water partition coefficient (Wildman–Crippen LogP) is 0.0983. The second-order valence-corrected chi connectivity index (χ2v) is 7.94. The Kier molecular flexibility index (Phi) is 6.04. The van der Waals surface area contributed by atoms with Crippen LogP contribution in [0.4, 0.5) is 0 Å². The number of ether oxygens (including phenoxy) is 1. The number of nitrogens with zero attached hydrogens (tertiary/aromatic N) is 1. The van der Waals surface area contributed by atoms with Crippen molar-refractivity contribution in [3.8, 4) is 0 Å². The SMILES string of the molecule is COC(CNC(=O)C1(NS(=O)(=O)c2c(C)noc2C)CCCC1)C(=O)O. The van der Waals surface area contributed by atoms with Gasteiger partial charge in [0.1, 0.15) is 16.1 Å². The van der Waals surface area contributed by atoms with Gasteiger partial charge in [0.25, 0.3) is 0 Å². The molecule has 26 heavy (non-hydrogen) atoms. The van der Waals surface area contributed by atoms with Gasteiger partial charge in [0.2, 0.25) is 15.9 Å². The first kappa shape index (κ1) is 20.3. The fourth-order valence-electron chi connectivity index (χ4n) is 3.15. The molecule has 10 nitrogen and oxygen atoms in total. The molecule has 1 aliphatic rings. The van der Waals surface area contributed by atoms with Crippen LogP contribution < -0.4 is 10.0 Å². The van der Waals surface area contributed by atoms with Gasteiger partial charge in [0.05, 0.1) is 6.54 Å². The van der Waals surface area contributed by atoms with Crippen LogP contribution in [0.25, 0.3) is 0 Å². The second kappa shape index (κ2) is 7.72. The lowest BCUT2D eigenvalue weighted by Crippen LogP contribution is -2.58. The number of aliphatic carboxylic acids is 1. The molecule has 0 bridgehead atoms. The molecule has 0 saturated heterocycles. The molecule has 1 aromatic rings. The molecule has 1 unspecified atom stereocenters. The number of carboxylic acid groups (broad SMARTS) is 1. The van der Waals surface area contributed by atoms with E-state index < -0.39 is 33.5 Å². The minimum absolute atomic E-state index is 0.0862. The van der Waals surface area contributed by atoms with Crippen molar-refractivity contribution in [3.05, 3.63) is 11.5 Å². The molecule has 1 amide bonds. The van der Waals surface area contributed by atoms with Gasteiger partial charge >= 0.3 is 5.97 Å². The van der Waals surface area contributed by atoms with Crippen molar-refractivity contribution < 1.29 is 32.4 Å². The Balaban J connectivity index is 2.22. The molecule has 3 N–H and O–H groups in total. The monoisotopic (exact) mass is 389 g/mol. The van der Waals surface area contributed by atoms with Gasteiger partial charge in [0.15, 0.2) is 11.9 Å². The van der Waals surface area contributed by atoms with E-state index in [1.54, 1.807) is 0 Å². The van der Waals surface area contributed by atoms with Gasteiger partial charge < -0.3 is 19.7 Å². The lowest BCUT2D eigenvalue weighted by molar-refractivity contribution is -0.148. The number of amides is 1. The number of nitrogens with one attached hydrogen (secondary N) is 2. The van der Waals surface area contributed by atoms with Crippen LogP contribution in [0.15, 0.2) is 9.42 Å². The van der Waals surface area contributed by atoms with Gasteiger partial charge in [0, 0.05) is 7.11 Å². The Morgan fingerprint density at radius 1 is 1.35 bits per heavy atom. The highest BCUT2D eigenvalue weighted by molar-refractivity contribution is 7.89. The van der Waals surface area contributed by atoms with Gasteiger partial charge in [-0.3, -0.25) is 4.79 Å². The van der Waals surface area contributed by atoms with Gasteiger partial charge in [-0.2, -0.15) is 4.72 Å². The molecule has 1 aromatic heterocycles. The molecular weight excluding hydrogens is 366 g/mol. The summed E-state index contributed by atoms with van der Waals surface area (Å²) in [5, 5.41) is 15.1. The molecule has 0 aromatic carbocycles. The van der Waals surface area contributed by atoms with E-state index in [0.717, 1.165) is 0 Å². The van der Waals surface area contributed by atoms with Crippen LogP contribution in [0.1, 0.15) is 37.1 Å². The zero-order valence-corrected chi connectivity index (χ0v) is 15.7. The number of carboxylic acids is 1. The predicted molar refractivity (Wildman–Crippen MR) is 88.9 cm³/mol. The largest absolute Gasteiger partial charge is 0.479 e. The van der Waals surface area contributed by atoms with Crippen molar-refractivity contribution in [2.24, 2.45) is 0 Å². The molecule has 1 saturated carbocycles. The molecule has 0 spiro atoms. The van der Waals surface area contributed by atoms with Crippen LogP contribution >= 0.6 is 0 Å². The van der Waals surface area contributed by atoms with E-state index in [9.17, 15) is 18.0 Å². The summed E-state index contributed by atoms with van der Waals surface area (Å²) < 4.78 is 37.8. The highest BCUT2D eigenvalue weighted by Gasteiger charge is 2.45. The summed E-state index contributed by atoms with van der Waals surface area (Å²) >= 11 is 0. The van der Waals surface area contributed by atoms with Crippen LogP contribution in [0.3, 0.4) is 0 Å². The van der Waals surface area contributed by atoms with E-state index in [-0.39, 0.29) is 22.9 Å². The number of rotatable bonds is 8. The minimum atomic E-state index is -4.04. The van der Waals surface area contributed by atoms with E-state index in [2.05, 4.69) is 15.2 Å². The van der Waals surface area contributed by atoms with Gasteiger partial charge in [-0.05, 0) is 26.7 Å². The van der Waals surface area contributed by atoms with Crippen LogP contribution in [0, 0.1) is 13.8 Å². The molecular formula is C15H23N3O7S. The third-order valence-electron chi connectivity index (χ3n) is 4.47. The molecule has 146 valence electrons. The van der Waals surface area contributed by atoms with Gasteiger partial charge in [-0.15, -0.1) is 0 Å². The molecule has 11 heteroatoms. The van der Waals surface area contributed by atoms with Crippen molar-refractivity contribution >= 4 is 21.9 Å². The summed E-state index contributed by atoms with van der Waals surface area (Å²) in [4.78, 5) is 23.6. The summed E-state index contributed by atoms with van der Waals surface area (Å²) in [5.74, 6) is -1.66. The molecule has 1 atom stereocenters. The summed E-state index contributed by atoms with van der Waals surface area (Å²) in [6.45, 7) is 2.72. The highest BCUT2D eigenvalue weighted by Crippen LogP contribution is 2.32. The van der Waals surface area contributed by atoms with Crippen molar-refractivity contribution in [1.82, 2.24) is 15.2 Å². The third kappa shape index (κ3) is 4.05. The number of aromatic nitrogens is 1. The summed E-state index contributed by atoms with van der Waals surface area (Å²) in [5.41, 5.74) is -1.14. The van der Waals surface area contributed by atoms with Crippen molar-refractivity contribution in [2.75, 3.05) is 13.7 Å². The number of aryl methyl sites for hydroxylation is 2. The van der Waals surface area contributed by atoms with Crippen LogP contribution in [0.5, 0.6) is 0 Å². The van der Waals surface area contributed by atoms with Crippen LogP contribution in [-0.2, 0) is 24.3 Å². The molecule has 0 radical (unpaired) electrons. The van der Waals surface area contributed by atoms with E-state index in [4.69, 9.17) is 14.4 Å². The minimum Gasteiger partial charge on any atom is -0.479 e. The Hall–Kier alpha value is -1.98. The molecule has 2 rings (SSSR count). The first-order valence-electron chi connectivity index (χ1n) is 8.14. The molecule has 1 heterocycles. The Morgan fingerprint density at radius 3 is 2.42 bits per heavy atom. The number of methoxy groups -OCH3 is 1. The third-order valence-corrected chi connectivity index (χ3v) is 6.25. The fourth-order valence-corrected chi connectivity index (χ4v) is 4.90. The molecule has 0 aliphatic heterocycles. The van der Waals surface area contributed by atoms with Gasteiger partial charge in [-0.1, -0.05) is 18.0 Å². The topological polar surface area (TPSA) is 148 Å². The normalized spacial score (nSPS) is 17.8. The first-order chi connectivity index (χ1) is 12.1. The lowest BCUT2D eigenvalue weighted by atomic mass is 9.98. The van der Waals surface area contributed by atoms with Crippen molar-refractivity contribution in [1.29, 1.82) is 0 Å². The second-order valence-electron chi connectivity index (χ2n) is 6.32. The summed E-state index contributed by atoms with van der Waals surface area (Å²) in [7, 11) is -2.82. The van der Waals surface area contributed by atoms with E-state index in [1.807, 2.05) is 0 Å². The maximum absolute atomic E-state index is 12.8. The Bertz CT molecular complexity index is 762. The number of sulfonamides is 1. The number of carbonyl (C=O) groups is 2. The highest BCUT2D eigenvalue weighted by atomic mass is 32.2. The Labute approximate surface area is 151 Å². The zero-order chi connectivity index (χ0) is 19.5. The average Bonchev–Trinajstić information content (AvgIpc) is 3.14. The fraction of sp³-hybridized carbons (Fsp3) is 0.667. The first-order valence-corrected chi connectivity index (χ1v) is 9.62. The smallest absolute Gasteiger partial charge is 0.334 e. The molecule has 1 fully saturated rings. The van der Waals surface area contributed by atoms with Crippen LogP contribution in [-0.4, -0.2) is 55.9 Å². The maximum Gasteiger partial charge on any atom is 0.334 e. The van der Waals surface area contributed by atoms with E-state index in [0.29, 0.717) is 25.7 Å². The Morgan fingerprint density at radius 2 is 1.96 bits per heavy atom. The summed E-state index contributed by atoms with van der Waals surface area (Å²) in [6, 6.07) is 0. The number of carbonyl (C=O) groups excluding carboxylic acids is 1. The zero-order valence-electron chi connectivity index (χ0n) is 14.9. The van der Waals surface area contributed by atoms with E-state index in [1.165, 1.54) is 21.0 Å². The lowest BCUT2D eigenvalue weighted by Gasteiger charge is -2.29. The van der Waals surface area contributed by atoms with Crippen LogP contribution in [0.2, 0.25) is 0 Å². The van der Waals surface area contributed by atoms with E-state index >= 15 is 0 Å². The van der Waals surface area contributed by atoms with Gasteiger partial charge in [-0.25, -0.2) is 13.2 Å². The summed E-state index contributed by atoms with van der Waals surface area (Å²) in [6.07, 6.45) is 0.753. The standard InChI is InChI=1S/C15H23N3O7S/c1-9-12(10(2)25-17-9)26(22,23)18-15(6-4-5-7-15)14(21)16-8-11(24-3)13(19)20/h11,18H,4-8H2,1-3H3,(H,16,21)(H,19,20). The quantitative estimate of drug-likeness (QED) is 0.567. The number of hydrogen-bond acceptors (Lipinski definition) is 7. The average molecular weight is 389 g/mol. The maximum atomic E-state index is 12.8.